The Kier molecular flexibility index (Phi) is 3.84. The molecule has 0 aliphatic rings. The molecule has 1 atom stereocenters. The van der Waals surface area contributed by atoms with E-state index in [1.165, 1.54) is 12.1 Å². The van der Waals surface area contributed by atoms with Crippen LogP contribution in [0.25, 0.3) is 0 Å². The van der Waals surface area contributed by atoms with Crippen LogP contribution in [-0.4, -0.2) is 10.4 Å². The van der Waals surface area contributed by atoms with Crippen molar-refractivity contribution in [3.63, 3.8) is 0 Å². The van der Waals surface area contributed by atoms with Crippen LogP contribution in [-0.2, 0) is 5.60 Å². The molecule has 76 valence electrons. The Hall–Kier alpha value is -0.670. The van der Waals surface area contributed by atoms with Gasteiger partial charge in [-0.2, -0.15) is 0 Å². The van der Waals surface area contributed by atoms with E-state index in [0.29, 0.717) is 17.3 Å². The molecule has 0 saturated carbocycles. The first-order valence-corrected chi connectivity index (χ1v) is 5.40. The standard InChI is InChI=1S/C11H12BrFO/c1-2-7-11(14,8-12)9-3-5-10(13)6-4-9/h2-6,14H,1,7-8H2. The van der Waals surface area contributed by atoms with E-state index in [-0.39, 0.29) is 5.82 Å². The molecule has 1 nitrogen and oxygen atoms in total. The molecule has 1 aromatic carbocycles. The maximum atomic E-state index is 12.7. The first-order valence-electron chi connectivity index (χ1n) is 4.27. The summed E-state index contributed by atoms with van der Waals surface area (Å²) in [4.78, 5) is 0. The number of rotatable bonds is 4. The molecule has 0 spiro atoms. The third-order valence-electron chi connectivity index (χ3n) is 2.08. The van der Waals surface area contributed by atoms with Crippen molar-refractivity contribution in [1.29, 1.82) is 0 Å². The van der Waals surface area contributed by atoms with Gasteiger partial charge < -0.3 is 5.11 Å². The fourth-order valence-corrected chi connectivity index (χ4v) is 1.80. The van der Waals surface area contributed by atoms with Gasteiger partial charge in [-0.15, -0.1) is 6.58 Å². The molecule has 1 N–H and O–H groups in total. The molecule has 0 aliphatic carbocycles. The molecule has 1 aromatic rings. The molecule has 1 rings (SSSR count). The summed E-state index contributed by atoms with van der Waals surface area (Å²) in [5.74, 6) is -0.302. The van der Waals surface area contributed by atoms with Gasteiger partial charge in [0, 0.05) is 5.33 Å². The van der Waals surface area contributed by atoms with Crippen LogP contribution in [0.5, 0.6) is 0 Å². The van der Waals surface area contributed by atoms with Gasteiger partial charge >= 0.3 is 0 Å². The minimum absolute atomic E-state index is 0.302. The van der Waals surface area contributed by atoms with Crippen LogP contribution in [0.2, 0.25) is 0 Å². The lowest BCUT2D eigenvalue weighted by molar-refractivity contribution is 0.0672. The van der Waals surface area contributed by atoms with Crippen molar-refractivity contribution < 1.29 is 9.50 Å². The summed E-state index contributed by atoms with van der Waals surface area (Å²) in [6, 6.07) is 5.85. The normalized spacial score (nSPS) is 14.8. The van der Waals surface area contributed by atoms with Gasteiger partial charge in [0.2, 0.25) is 0 Å². The van der Waals surface area contributed by atoms with Crippen LogP contribution in [0.4, 0.5) is 4.39 Å². The predicted molar refractivity (Wildman–Crippen MR) is 58.9 cm³/mol. The Balaban J connectivity index is 2.99. The molecule has 0 aliphatic heterocycles. The van der Waals surface area contributed by atoms with Crippen LogP contribution in [0.1, 0.15) is 12.0 Å². The summed E-state index contributed by atoms with van der Waals surface area (Å²) < 4.78 is 12.7. The van der Waals surface area contributed by atoms with Gasteiger partial charge in [0.25, 0.3) is 0 Å². The summed E-state index contributed by atoms with van der Waals surface area (Å²) in [6.07, 6.45) is 2.08. The average Bonchev–Trinajstić information content (AvgIpc) is 2.19. The van der Waals surface area contributed by atoms with E-state index in [4.69, 9.17) is 0 Å². The largest absolute Gasteiger partial charge is 0.384 e. The highest BCUT2D eigenvalue weighted by Crippen LogP contribution is 2.27. The first-order chi connectivity index (χ1) is 6.62. The van der Waals surface area contributed by atoms with Gasteiger partial charge in [-0.05, 0) is 24.1 Å². The van der Waals surface area contributed by atoms with E-state index < -0.39 is 5.60 Å². The van der Waals surface area contributed by atoms with Crippen LogP contribution in [0.15, 0.2) is 36.9 Å². The molecule has 0 radical (unpaired) electrons. The maximum Gasteiger partial charge on any atom is 0.123 e. The van der Waals surface area contributed by atoms with Gasteiger partial charge in [0.1, 0.15) is 11.4 Å². The van der Waals surface area contributed by atoms with E-state index in [0.717, 1.165) is 0 Å². The zero-order valence-corrected chi connectivity index (χ0v) is 9.30. The smallest absolute Gasteiger partial charge is 0.123 e. The molecule has 0 fully saturated rings. The molecule has 1 unspecified atom stereocenters. The molecular weight excluding hydrogens is 247 g/mol. The van der Waals surface area contributed by atoms with Crippen molar-refractivity contribution in [3.8, 4) is 0 Å². The zero-order chi connectivity index (χ0) is 10.6. The second kappa shape index (κ2) is 4.71. The highest BCUT2D eigenvalue weighted by Gasteiger charge is 2.26. The Morgan fingerprint density at radius 2 is 2.00 bits per heavy atom. The second-order valence-electron chi connectivity index (χ2n) is 3.16. The summed E-state index contributed by atoms with van der Waals surface area (Å²) >= 11 is 3.24. The van der Waals surface area contributed by atoms with E-state index in [9.17, 15) is 9.50 Å². The van der Waals surface area contributed by atoms with Crippen LogP contribution >= 0.6 is 15.9 Å². The first kappa shape index (κ1) is 11.4. The zero-order valence-electron chi connectivity index (χ0n) is 7.71. The minimum Gasteiger partial charge on any atom is -0.384 e. The topological polar surface area (TPSA) is 20.2 Å². The Morgan fingerprint density at radius 1 is 1.43 bits per heavy atom. The van der Waals surface area contributed by atoms with Crippen molar-refractivity contribution in [2.24, 2.45) is 0 Å². The quantitative estimate of drug-likeness (QED) is 0.651. The number of halogens is 2. The van der Waals surface area contributed by atoms with Crippen LogP contribution < -0.4 is 0 Å². The lowest BCUT2D eigenvalue weighted by Crippen LogP contribution is -2.26. The third kappa shape index (κ3) is 2.42. The van der Waals surface area contributed by atoms with E-state index in [1.54, 1.807) is 18.2 Å². The van der Waals surface area contributed by atoms with Gasteiger partial charge in [-0.3, -0.25) is 0 Å². The summed E-state index contributed by atoms with van der Waals surface area (Å²) in [5, 5.41) is 10.5. The Morgan fingerprint density at radius 3 is 2.43 bits per heavy atom. The number of hydrogen-bond donors (Lipinski definition) is 1. The molecular formula is C11H12BrFO. The molecule has 0 amide bonds. The molecule has 0 bridgehead atoms. The van der Waals surface area contributed by atoms with Gasteiger partial charge in [0.15, 0.2) is 0 Å². The number of aliphatic hydroxyl groups is 1. The van der Waals surface area contributed by atoms with Crippen molar-refractivity contribution in [1.82, 2.24) is 0 Å². The Bertz CT molecular complexity index is 310. The van der Waals surface area contributed by atoms with Crippen molar-refractivity contribution in [3.05, 3.63) is 48.3 Å². The minimum atomic E-state index is -0.991. The van der Waals surface area contributed by atoms with Crippen molar-refractivity contribution in [2.75, 3.05) is 5.33 Å². The SMILES string of the molecule is C=CCC(O)(CBr)c1ccc(F)cc1. The Labute approximate surface area is 91.4 Å². The molecule has 3 heteroatoms. The number of alkyl halides is 1. The average molecular weight is 259 g/mol. The molecule has 0 saturated heterocycles. The lowest BCUT2D eigenvalue weighted by atomic mass is 9.93. The predicted octanol–water partition coefficient (Wildman–Crippen LogP) is 2.98. The highest BCUT2D eigenvalue weighted by atomic mass is 79.9. The fourth-order valence-electron chi connectivity index (χ4n) is 1.25. The summed E-state index contributed by atoms with van der Waals surface area (Å²) in [6.45, 7) is 3.58. The van der Waals surface area contributed by atoms with Crippen molar-refractivity contribution in [2.45, 2.75) is 12.0 Å². The fraction of sp³-hybridized carbons (Fsp3) is 0.273. The highest BCUT2D eigenvalue weighted by molar-refractivity contribution is 9.09. The second-order valence-corrected chi connectivity index (χ2v) is 3.73. The molecule has 0 aromatic heterocycles. The summed E-state index contributed by atoms with van der Waals surface area (Å²) in [5.41, 5.74) is -0.300. The monoisotopic (exact) mass is 258 g/mol. The summed E-state index contributed by atoms with van der Waals surface area (Å²) in [7, 11) is 0. The van der Waals surface area contributed by atoms with E-state index in [2.05, 4.69) is 22.5 Å². The van der Waals surface area contributed by atoms with Gasteiger partial charge in [-0.1, -0.05) is 34.1 Å². The van der Waals surface area contributed by atoms with Crippen molar-refractivity contribution >= 4 is 15.9 Å². The van der Waals surface area contributed by atoms with Crippen LogP contribution in [0, 0.1) is 5.82 Å². The third-order valence-corrected chi connectivity index (χ3v) is 3.01. The number of hydrogen-bond acceptors (Lipinski definition) is 1. The van der Waals surface area contributed by atoms with Gasteiger partial charge in [0.05, 0.1) is 0 Å². The number of benzene rings is 1. The molecule has 14 heavy (non-hydrogen) atoms. The molecule has 0 heterocycles. The van der Waals surface area contributed by atoms with E-state index >= 15 is 0 Å². The van der Waals surface area contributed by atoms with E-state index in [1.807, 2.05) is 0 Å². The van der Waals surface area contributed by atoms with Gasteiger partial charge in [-0.25, -0.2) is 4.39 Å². The lowest BCUT2D eigenvalue weighted by Gasteiger charge is -2.24. The maximum absolute atomic E-state index is 12.7. The van der Waals surface area contributed by atoms with Crippen LogP contribution in [0.3, 0.4) is 0 Å².